The van der Waals surface area contributed by atoms with E-state index >= 15 is 0 Å². The van der Waals surface area contributed by atoms with E-state index in [-0.39, 0.29) is 11.7 Å². The number of carbonyl (C=O) groups is 2. The van der Waals surface area contributed by atoms with Gasteiger partial charge in [-0.2, -0.15) is 5.10 Å². The van der Waals surface area contributed by atoms with E-state index in [4.69, 9.17) is 32.4 Å². The minimum atomic E-state index is -0.590. The lowest BCUT2D eigenvalue weighted by atomic mass is 9.93. The smallest absolute Gasteiger partial charge is 0.379 e. The number of ether oxygens (including phenoxy) is 1. The molecule has 1 N–H and O–H groups in total. The molecule has 4 rings (SSSR count). The Morgan fingerprint density at radius 2 is 1.70 bits per heavy atom. The Hall–Kier alpha value is -3.09. The summed E-state index contributed by atoms with van der Waals surface area (Å²) >= 11 is 12.1. The summed E-state index contributed by atoms with van der Waals surface area (Å²) in [5, 5.41) is 5.52. The monoisotopic (exact) mass is 484 g/mol. The fourth-order valence-corrected chi connectivity index (χ4v) is 4.11. The third-order valence-corrected chi connectivity index (χ3v) is 6.38. The van der Waals surface area contributed by atoms with Crippen molar-refractivity contribution < 1.29 is 18.7 Å². The van der Waals surface area contributed by atoms with Gasteiger partial charge in [-0.3, -0.25) is 4.79 Å². The van der Waals surface area contributed by atoms with Crippen molar-refractivity contribution in [3.63, 3.8) is 0 Å². The van der Waals surface area contributed by atoms with Gasteiger partial charge in [0.15, 0.2) is 0 Å². The number of hydrogen-bond donors (Lipinski definition) is 1. The summed E-state index contributed by atoms with van der Waals surface area (Å²) in [6, 6.07) is 9.96. The summed E-state index contributed by atoms with van der Waals surface area (Å²) in [5.41, 5.74) is 6.72. The zero-order valence-corrected chi connectivity index (χ0v) is 19.9. The van der Waals surface area contributed by atoms with Crippen LogP contribution in [0.1, 0.15) is 61.8 Å². The van der Waals surface area contributed by atoms with Gasteiger partial charge < -0.3 is 9.15 Å². The van der Waals surface area contributed by atoms with Crippen LogP contribution in [0.5, 0.6) is 5.75 Å². The Labute approximate surface area is 201 Å². The summed E-state index contributed by atoms with van der Waals surface area (Å²) in [7, 11) is 0. The van der Waals surface area contributed by atoms with Gasteiger partial charge in [-0.05, 0) is 81.1 Å². The molecule has 0 saturated carbocycles. The molecule has 0 atom stereocenters. The molecule has 8 heteroatoms. The number of rotatable bonds is 4. The Kier molecular flexibility index (Phi) is 6.58. The highest BCUT2D eigenvalue weighted by Gasteiger charge is 2.29. The lowest BCUT2D eigenvalue weighted by molar-refractivity contribution is 0.0698. The van der Waals surface area contributed by atoms with Crippen molar-refractivity contribution in [3.8, 4) is 5.75 Å². The molecule has 2 aromatic carbocycles. The number of nitrogens with zero attached hydrogens (tertiary/aromatic N) is 1. The van der Waals surface area contributed by atoms with Gasteiger partial charge in [-0.25, -0.2) is 10.2 Å². The van der Waals surface area contributed by atoms with Gasteiger partial charge in [0.2, 0.25) is 5.76 Å². The van der Waals surface area contributed by atoms with Crippen molar-refractivity contribution in [2.24, 2.45) is 5.10 Å². The van der Waals surface area contributed by atoms with Gasteiger partial charge in [0.05, 0.1) is 5.71 Å². The van der Waals surface area contributed by atoms with Gasteiger partial charge in [0.25, 0.3) is 5.91 Å². The Balaban J connectivity index is 1.57. The van der Waals surface area contributed by atoms with Crippen LogP contribution in [0.25, 0.3) is 0 Å². The number of nitrogens with one attached hydrogen (secondary N) is 1. The van der Waals surface area contributed by atoms with Crippen LogP contribution in [0.2, 0.25) is 10.0 Å². The molecule has 0 saturated heterocycles. The summed E-state index contributed by atoms with van der Waals surface area (Å²) in [6.45, 7) is 5.49. The number of hydrogen-bond acceptors (Lipinski definition) is 5. The van der Waals surface area contributed by atoms with E-state index < -0.39 is 5.97 Å². The van der Waals surface area contributed by atoms with Gasteiger partial charge in [-0.1, -0.05) is 23.2 Å². The molecule has 1 amide bonds. The molecule has 0 spiro atoms. The van der Waals surface area contributed by atoms with Gasteiger partial charge >= 0.3 is 5.97 Å². The van der Waals surface area contributed by atoms with Crippen LogP contribution < -0.4 is 10.2 Å². The maximum atomic E-state index is 12.9. The first kappa shape index (κ1) is 23.1. The Morgan fingerprint density at radius 3 is 2.36 bits per heavy atom. The highest BCUT2D eigenvalue weighted by atomic mass is 35.5. The predicted octanol–water partition coefficient (Wildman–Crippen LogP) is 6.20. The predicted molar refractivity (Wildman–Crippen MR) is 128 cm³/mol. The highest BCUT2D eigenvalue weighted by Crippen LogP contribution is 2.31. The zero-order chi connectivity index (χ0) is 23.7. The largest absolute Gasteiger partial charge is 0.453 e. The summed E-state index contributed by atoms with van der Waals surface area (Å²) < 4.78 is 11.4. The molecule has 0 unspecified atom stereocenters. The first-order chi connectivity index (χ1) is 15.7. The fraction of sp³-hybridized carbons (Fsp3) is 0.240. The van der Waals surface area contributed by atoms with E-state index in [0.717, 1.165) is 23.1 Å². The highest BCUT2D eigenvalue weighted by molar-refractivity contribution is 6.32. The summed E-state index contributed by atoms with van der Waals surface area (Å²) in [5.74, 6) is 0.253. The zero-order valence-electron chi connectivity index (χ0n) is 18.4. The molecule has 1 aliphatic carbocycles. The molecule has 3 aromatic rings. The van der Waals surface area contributed by atoms with Crippen LogP contribution in [0.15, 0.2) is 45.9 Å². The van der Waals surface area contributed by atoms with Crippen molar-refractivity contribution in [1.29, 1.82) is 0 Å². The number of esters is 1. The van der Waals surface area contributed by atoms with E-state index in [1.54, 1.807) is 43.3 Å². The maximum Gasteiger partial charge on any atom is 0.379 e. The average molecular weight is 485 g/mol. The second kappa shape index (κ2) is 9.41. The molecule has 6 nitrogen and oxygen atoms in total. The first-order valence-corrected chi connectivity index (χ1v) is 11.2. The number of amides is 1. The van der Waals surface area contributed by atoms with Crippen LogP contribution >= 0.6 is 23.2 Å². The summed E-state index contributed by atoms with van der Waals surface area (Å²) in [4.78, 5) is 25.3. The van der Waals surface area contributed by atoms with Crippen LogP contribution in [0, 0.1) is 20.8 Å². The fourth-order valence-electron chi connectivity index (χ4n) is 3.88. The normalized spacial score (nSPS) is 14.2. The number of benzene rings is 2. The van der Waals surface area contributed by atoms with Gasteiger partial charge in [0, 0.05) is 33.2 Å². The Morgan fingerprint density at radius 1 is 1.03 bits per heavy atom. The lowest BCUT2D eigenvalue weighted by Crippen LogP contribution is -2.22. The molecule has 1 heterocycles. The molecule has 0 radical (unpaired) electrons. The number of hydrazone groups is 1. The SMILES string of the molecule is Cc1cc(OC(=O)c2oc3c(c2C)/C(=N/NC(=O)c2ccc(Cl)cc2)CCC3)cc(C)c1Cl. The van der Waals surface area contributed by atoms with E-state index in [0.29, 0.717) is 51.2 Å². The summed E-state index contributed by atoms with van der Waals surface area (Å²) in [6.07, 6.45) is 2.12. The van der Waals surface area contributed by atoms with Gasteiger partial charge in [-0.15, -0.1) is 0 Å². The van der Waals surface area contributed by atoms with E-state index in [9.17, 15) is 9.59 Å². The second-order valence-corrected chi connectivity index (χ2v) is 8.79. The molecule has 33 heavy (non-hydrogen) atoms. The van der Waals surface area contributed by atoms with Crippen molar-refractivity contribution in [2.75, 3.05) is 0 Å². The molecule has 1 aliphatic rings. The molecular formula is C25H22Cl2N2O4. The Bertz CT molecular complexity index is 1250. The van der Waals surface area contributed by atoms with Crippen LogP contribution in [-0.2, 0) is 6.42 Å². The number of aryl methyl sites for hydroxylation is 3. The second-order valence-electron chi connectivity index (χ2n) is 7.97. The van der Waals surface area contributed by atoms with Crippen molar-refractivity contribution >= 4 is 40.8 Å². The number of furan rings is 1. The third-order valence-electron chi connectivity index (χ3n) is 5.53. The molecule has 170 valence electrons. The number of fused-ring (bicyclic) bond motifs is 1. The maximum absolute atomic E-state index is 12.9. The van der Waals surface area contributed by atoms with E-state index in [2.05, 4.69) is 10.5 Å². The molecule has 0 aliphatic heterocycles. The van der Waals surface area contributed by atoms with Crippen molar-refractivity contribution in [2.45, 2.75) is 40.0 Å². The van der Waals surface area contributed by atoms with Crippen molar-refractivity contribution in [1.82, 2.24) is 5.43 Å². The topological polar surface area (TPSA) is 80.9 Å². The minimum absolute atomic E-state index is 0.129. The van der Waals surface area contributed by atoms with Crippen LogP contribution in [0.4, 0.5) is 0 Å². The molecule has 1 aromatic heterocycles. The quantitative estimate of drug-likeness (QED) is 0.271. The molecule has 0 fully saturated rings. The number of halogens is 2. The third kappa shape index (κ3) is 4.82. The molecule has 0 bridgehead atoms. The van der Waals surface area contributed by atoms with E-state index in [1.807, 2.05) is 13.8 Å². The standard InChI is InChI=1S/C25H22Cl2N2O4/c1-13-11-18(12-14(2)22(13)27)32-25(31)23-15(3)21-19(5-4-6-20(21)33-23)28-29-24(30)16-7-9-17(26)10-8-16/h7-12H,4-6H2,1-3H3,(H,29,30)/b28-19+. The number of carbonyl (C=O) groups excluding carboxylic acids is 2. The van der Waals surface area contributed by atoms with Crippen LogP contribution in [-0.4, -0.2) is 17.6 Å². The van der Waals surface area contributed by atoms with Gasteiger partial charge in [0.1, 0.15) is 11.5 Å². The van der Waals surface area contributed by atoms with E-state index in [1.165, 1.54) is 0 Å². The minimum Gasteiger partial charge on any atom is -0.453 e. The molecular weight excluding hydrogens is 463 g/mol. The van der Waals surface area contributed by atoms with Crippen LogP contribution in [0.3, 0.4) is 0 Å². The lowest BCUT2D eigenvalue weighted by Gasteiger charge is -2.13. The van der Waals surface area contributed by atoms with Crippen molar-refractivity contribution in [3.05, 3.63) is 85.8 Å². The average Bonchev–Trinajstić information content (AvgIpc) is 3.13. The first-order valence-electron chi connectivity index (χ1n) is 10.5.